The van der Waals surface area contributed by atoms with Crippen LogP contribution < -0.4 is 5.32 Å². The Balaban J connectivity index is 2.11. The van der Waals surface area contributed by atoms with Crippen molar-refractivity contribution < 1.29 is 9.00 Å². The summed E-state index contributed by atoms with van der Waals surface area (Å²) in [5.41, 5.74) is 2.46. The van der Waals surface area contributed by atoms with Gasteiger partial charge in [0.15, 0.2) is 0 Å². The van der Waals surface area contributed by atoms with Gasteiger partial charge in [-0.2, -0.15) is 0 Å². The third kappa shape index (κ3) is 4.24. The summed E-state index contributed by atoms with van der Waals surface area (Å²) < 4.78 is 11.3. The molecule has 1 aromatic heterocycles. The Labute approximate surface area is 137 Å². The Morgan fingerprint density at radius 3 is 2.73 bits per heavy atom. The van der Waals surface area contributed by atoms with E-state index < -0.39 is 10.8 Å². The minimum atomic E-state index is -0.917. The van der Waals surface area contributed by atoms with Gasteiger partial charge in [-0.05, 0) is 38.5 Å². The lowest BCUT2D eigenvalue weighted by Crippen LogP contribution is -2.26. The number of nitrogens with one attached hydrogen (secondary N) is 1. The molecular weight excluding hydrogens is 316 g/mol. The number of carbonyl (C=O) groups is 1. The van der Waals surface area contributed by atoms with Crippen LogP contribution in [0, 0.1) is 13.8 Å². The third-order valence-electron chi connectivity index (χ3n) is 3.24. The number of amides is 1. The molecule has 2 rings (SSSR count). The monoisotopic (exact) mass is 336 g/mol. The lowest BCUT2D eigenvalue weighted by Gasteiger charge is -2.13. The standard InChI is InChI=1S/C16H20N2O2S2/c1-10-15(21-12(3)17-10)11(2)18-16(19)14-7-5-6-13(8-14)9-22(4)20/h5-8,11H,9H2,1-4H3,(H,18,19)/t11-,22-/m1/s1. The van der Waals surface area contributed by atoms with Crippen molar-refractivity contribution in [3.63, 3.8) is 0 Å². The second-order valence-electron chi connectivity index (χ2n) is 5.30. The van der Waals surface area contributed by atoms with Crippen LogP contribution in [-0.2, 0) is 16.6 Å². The van der Waals surface area contributed by atoms with E-state index in [-0.39, 0.29) is 11.9 Å². The molecule has 0 aliphatic heterocycles. The largest absolute Gasteiger partial charge is 0.345 e. The molecule has 2 aromatic rings. The van der Waals surface area contributed by atoms with Gasteiger partial charge in [-0.25, -0.2) is 4.98 Å². The molecule has 0 aliphatic rings. The number of hydrogen-bond acceptors (Lipinski definition) is 4. The average molecular weight is 336 g/mol. The van der Waals surface area contributed by atoms with Crippen LogP contribution in [0.2, 0.25) is 0 Å². The van der Waals surface area contributed by atoms with Crippen molar-refractivity contribution in [1.82, 2.24) is 10.3 Å². The van der Waals surface area contributed by atoms with Crippen LogP contribution in [-0.4, -0.2) is 21.4 Å². The highest BCUT2D eigenvalue weighted by atomic mass is 32.2. The number of thiazole rings is 1. The van der Waals surface area contributed by atoms with Gasteiger partial charge in [-0.15, -0.1) is 11.3 Å². The van der Waals surface area contributed by atoms with E-state index in [4.69, 9.17) is 0 Å². The molecule has 0 spiro atoms. The molecule has 1 N–H and O–H groups in total. The summed E-state index contributed by atoms with van der Waals surface area (Å²) in [6.45, 7) is 5.88. The van der Waals surface area contributed by atoms with Crippen LogP contribution in [0.15, 0.2) is 24.3 Å². The maximum absolute atomic E-state index is 12.4. The molecule has 0 bridgehead atoms. The van der Waals surface area contributed by atoms with E-state index in [1.165, 1.54) is 0 Å². The van der Waals surface area contributed by atoms with Crippen LogP contribution >= 0.6 is 11.3 Å². The first kappa shape index (κ1) is 16.8. The van der Waals surface area contributed by atoms with Gasteiger partial charge in [0.25, 0.3) is 5.91 Å². The second kappa shape index (κ2) is 7.15. The fourth-order valence-electron chi connectivity index (χ4n) is 2.33. The lowest BCUT2D eigenvalue weighted by molar-refractivity contribution is 0.0940. The number of nitrogens with zero attached hydrogens (tertiary/aromatic N) is 1. The summed E-state index contributed by atoms with van der Waals surface area (Å²) in [4.78, 5) is 17.9. The average Bonchev–Trinajstić information content (AvgIpc) is 2.77. The molecule has 0 fully saturated rings. The number of aryl methyl sites for hydroxylation is 2. The number of carbonyl (C=O) groups excluding carboxylic acids is 1. The molecule has 4 nitrogen and oxygen atoms in total. The topological polar surface area (TPSA) is 59.1 Å². The number of hydrogen-bond donors (Lipinski definition) is 1. The summed E-state index contributed by atoms with van der Waals surface area (Å²) in [7, 11) is -0.917. The zero-order chi connectivity index (χ0) is 16.3. The first-order valence-electron chi connectivity index (χ1n) is 7.00. The minimum absolute atomic E-state index is 0.0809. The van der Waals surface area contributed by atoms with Crippen LogP contribution in [0.1, 0.15) is 44.5 Å². The van der Waals surface area contributed by atoms with Crippen molar-refractivity contribution in [2.75, 3.05) is 6.26 Å². The Bertz CT molecular complexity index is 710. The molecule has 118 valence electrons. The van der Waals surface area contributed by atoms with Crippen LogP contribution in [0.3, 0.4) is 0 Å². The summed E-state index contributed by atoms with van der Waals surface area (Å²) in [6.07, 6.45) is 1.66. The summed E-state index contributed by atoms with van der Waals surface area (Å²) in [5, 5.41) is 4.00. The van der Waals surface area contributed by atoms with Gasteiger partial charge < -0.3 is 5.32 Å². The quantitative estimate of drug-likeness (QED) is 0.912. The van der Waals surface area contributed by atoms with E-state index >= 15 is 0 Å². The summed E-state index contributed by atoms with van der Waals surface area (Å²) in [6, 6.07) is 7.20. The SMILES string of the molecule is Cc1nc(C)c([C@@H](C)NC(=O)c2cccc(C[S@@](C)=O)c2)s1. The second-order valence-corrected chi connectivity index (χ2v) is 7.97. The third-order valence-corrected chi connectivity index (χ3v) is 5.23. The van der Waals surface area contributed by atoms with Crippen molar-refractivity contribution in [2.24, 2.45) is 0 Å². The molecular formula is C16H20N2O2S2. The maximum atomic E-state index is 12.4. The fraction of sp³-hybridized carbons (Fsp3) is 0.375. The summed E-state index contributed by atoms with van der Waals surface area (Å²) in [5.74, 6) is 0.339. The molecule has 0 saturated carbocycles. The van der Waals surface area contributed by atoms with Gasteiger partial charge in [0.05, 0.1) is 16.7 Å². The predicted octanol–water partition coefficient (Wildman–Crippen LogP) is 3.13. The number of benzene rings is 1. The van der Waals surface area contributed by atoms with Crippen molar-refractivity contribution >= 4 is 28.0 Å². The Morgan fingerprint density at radius 1 is 1.41 bits per heavy atom. The molecule has 0 radical (unpaired) electrons. The van der Waals surface area contributed by atoms with E-state index in [1.54, 1.807) is 29.7 Å². The lowest BCUT2D eigenvalue weighted by atomic mass is 10.1. The molecule has 0 aliphatic carbocycles. The van der Waals surface area contributed by atoms with E-state index in [2.05, 4.69) is 10.3 Å². The Hall–Kier alpha value is -1.53. The summed E-state index contributed by atoms with van der Waals surface area (Å²) >= 11 is 1.61. The molecule has 0 unspecified atom stereocenters. The van der Waals surface area contributed by atoms with Gasteiger partial charge in [0, 0.05) is 33.2 Å². The molecule has 1 heterocycles. The molecule has 6 heteroatoms. The zero-order valence-electron chi connectivity index (χ0n) is 13.2. The predicted molar refractivity (Wildman–Crippen MR) is 91.7 cm³/mol. The van der Waals surface area contributed by atoms with Gasteiger partial charge in [0.1, 0.15) is 0 Å². The molecule has 1 amide bonds. The zero-order valence-corrected chi connectivity index (χ0v) is 14.8. The fourth-order valence-corrected chi connectivity index (χ4v) is 3.91. The molecule has 0 saturated heterocycles. The van der Waals surface area contributed by atoms with Crippen LogP contribution in [0.25, 0.3) is 0 Å². The highest BCUT2D eigenvalue weighted by molar-refractivity contribution is 7.83. The van der Waals surface area contributed by atoms with E-state index in [1.807, 2.05) is 32.9 Å². The maximum Gasteiger partial charge on any atom is 0.251 e. The van der Waals surface area contributed by atoms with Gasteiger partial charge in [-0.3, -0.25) is 9.00 Å². The molecule has 1 aromatic carbocycles. The van der Waals surface area contributed by atoms with Crippen molar-refractivity contribution in [3.05, 3.63) is 51.0 Å². The van der Waals surface area contributed by atoms with Crippen LogP contribution in [0.5, 0.6) is 0 Å². The van der Waals surface area contributed by atoms with E-state index in [9.17, 15) is 9.00 Å². The van der Waals surface area contributed by atoms with E-state index in [0.29, 0.717) is 11.3 Å². The smallest absolute Gasteiger partial charge is 0.251 e. The first-order chi connectivity index (χ1) is 10.4. The highest BCUT2D eigenvalue weighted by Gasteiger charge is 2.16. The van der Waals surface area contributed by atoms with Gasteiger partial charge >= 0.3 is 0 Å². The first-order valence-corrected chi connectivity index (χ1v) is 9.55. The highest BCUT2D eigenvalue weighted by Crippen LogP contribution is 2.24. The van der Waals surface area contributed by atoms with Crippen molar-refractivity contribution in [1.29, 1.82) is 0 Å². The van der Waals surface area contributed by atoms with Gasteiger partial charge in [0.2, 0.25) is 0 Å². The van der Waals surface area contributed by atoms with Crippen LogP contribution in [0.4, 0.5) is 0 Å². The molecule has 22 heavy (non-hydrogen) atoms. The normalized spacial score (nSPS) is 13.6. The van der Waals surface area contributed by atoms with Crippen molar-refractivity contribution in [3.8, 4) is 0 Å². The number of rotatable bonds is 5. The Morgan fingerprint density at radius 2 is 2.14 bits per heavy atom. The Kier molecular flexibility index (Phi) is 5.47. The van der Waals surface area contributed by atoms with Crippen molar-refractivity contribution in [2.45, 2.75) is 32.6 Å². The molecule has 2 atom stereocenters. The van der Waals surface area contributed by atoms with E-state index in [0.717, 1.165) is 21.1 Å². The minimum Gasteiger partial charge on any atom is -0.345 e. The number of aromatic nitrogens is 1. The van der Waals surface area contributed by atoms with Gasteiger partial charge in [-0.1, -0.05) is 12.1 Å².